The molecule has 7 nitrogen and oxygen atoms in total. The maximum absolute atomic E-state index is 6.50. The van der Waals surface area contributed by atoms with Crippen molar-refractivity contribution in [3.05, 3.63) is 54.6 Å². The lowest BCUT2D eigenvalue weighted by Gasteiger charge is -2.02. The van der Waals surface area contributed by atoms with Crippen LogP contribution in [0, 0.1) is 23.7 Å². The quantitative estimate of drug-likeness (QED) is 0.440. The van der Waals surface area contributed by atoms with Gasteiger partial charge in [0.2, 0.25) is 5.78 Å². The van der Waals surface area contributed by atoms with Crippen molar-refractivity contribution in [2.75, 3.05) is 0 Å². The summed E-state index contributed by atoms with van der Waals surface area (Å²) in [6, 6.07) is 7.95. The fourth-order valence-corrected chi connectivity index (χ4v) is 1.81. The molecule has 3 aromatic rings. The third-order valence-electron chi connectivity index (χ3n) is 2.71. The molecule has 108 valence electrons. The van der Waals surface area contributed by atoms with Crippen LogP contribution in [0.4, 0.5) is 0 Å². The van der Waals surface area contributed by atoms with Gasteiger partial charge in [-0.1, -0.05) is 24.3 Å². The lowest BCUT2D eigenvalue weighted by molar-refractivity contribution is 1.11. The summed E-state index contributed by atoms with van der Waals surface area (Å²) in [6.07, 6.45) is 9.03. The van der Waals surface area contributed by atoms with Gasteiger partial charge in [-0.25, -0.2) is 20.5 Å². The van der Waals surface area contributed by atoms with E-state index in [2.05, 4.69) is 28.2 Å². The number of imidazole rings is 1. The second-order valence-corrected chi connectivity index (χ2v) is 3.88. The molecule has 0 fully saturated rings. The molecule has 0 bridgehead atoms. The number of benzene rings is 1. The van der Waals surface area contributed by atoms with Gasteiger partial charge in [0.15, 0.2) is 0 Å². The van der Waals surface area contributed by atoms with E-state index in [9.17, 15) is 0 Å². The van der Waals surface area contributed by atoms with Gasteiger partial charge in [0.1, 0.15) is 0 Å². The van der Waals surface area contributed by atoms with E-state index in [1.54, 1.807) is 12.4 Å². The molecule has 0 aliphatic carbocycles. The molecule has 1 aromatic carbocycles. The Bertz CT molecular complexity index is 776. The molecule has 0 saturated heterocycles. The maximum atomic E-state index is 6.50. The highest BCUT2D eigenvalue weighted by Crippen LogP contribution is 2.18. The van der Waals surface area contributed by atoms with Crippen molar-refractivity contribution in [1.82, 2.24) is 14.4 Å². The molecule has 0 saturated carbocycles. The minimum Gasteiger partial charge on any atom is -0.323 e. The third kappa shape index (κ3) is 3.65. The lowest BCUT2D eigenvalue weighted by atomic mass is 10.1. The Morgan fingerprint density at radius 2 is 1.73 bits per heavy atom. The van der Waals surface area contributed by atoms with Crippen LogP contribution in [0.3, 0.4) is 0 Å². The molecule has 0 radical (unpaired) electrons. The monoisotopic (exact) mass is 291 g/mol. The summed E-state index contributed by atoms with van der Waals surface area (Å²) in [5, 5.41) is 16.5. The molecule has 0 amide bonds. The van der Waals surface area contributed by atoms with Gasteiger partial charge in [-0.15, -0.1) is 0 Å². The molecular formula is C15H13N7. The van der Waals surface area contributed by atoms with Crippen LogP contribution in [0.1, 0.15) is 5.56 Å². The van der Waals surface area contributed by atoms with Crippen LogP contribution in [-0.2, 0) is 0 Å². The number of hydrogen-bond donors (Lipinski definition) is 1. The predicted molar refractivity (Wildman–Crippen MR) is 83.5 cm³/mol. The second-order valence-electron chi connectivity index (χ2n) is 3.88. The zero-order valence-corrected chi connectivity index (χ0v) is 11.6. The number of rotatable bonds is 2. The van der Waals surface area contributed by atoms with E-state index in [-0.39, 0.29) is 0 Å². The number of nitrogens with zero attached hydrogens (tertiary/aromatic N) is 6. The van der Waals surface area contributed by atoms with E-state index < -0.39 is 0 Å². The van der Waals surface area contributed by atoms with Crippen molar-refractivity contribution < 1.29 is 0 Å². The summed E-state index contributed by atoms with van der Waals surface area (Å²) in [7, 11) is 0. The standard InChI is InChI=1S/C13H11N5.2CHN/c14-17-7-10-1-3-11(4-2-10)12-8-16-13-15-5-6-18(13)9-12;2*1-2/h1-9H,14H2;2*1H. The number of aromatic nitrogens is 3. The number of hydrogen-bond acceptors (Lipinski definition) is 6. The molecule has 2 N–H and O–H groups in total. The van der Waals surface area contributed by atoms with Gasteiger partial charge in [-0.3, -0.25) is 4.40 Å². The minimum atomic E-state index is 0.700. The Morgan fingerprint density at radius 1 is 1.05 bits per heavy atom. The van der Waals surface area contributed by atoms with E-state index in [4.69, 9.17) is 16.4 Å². The topological polar surface area (TPSA) is 116 Å². The molecule has 2 aromatic heterocycles. The van der Waals surface area contributed by atoms with Crippen molar-refractivity contribution in [2.24, 2.45) is 10.9 Å². The Balaban J connectivity index is 0.000000561. The summed E-state index contributed by atoms with van der Waals surface area (Å²) in [5.74, 6) is 5.81. The molecule has 0 unspecified atom stereocenters. The molecular weight excluding hydrogens is 278 g/mol. The zero-order valence-electron chi connectivity index (χ0n) is 11.6. The SMILES string of the molecule is C#N.C#N.NN=Cc1ccc(-c2cnc3nccn3c2)cc1. The molecule has 0 aliphatic heterocycles. The van der Waals surface area contributed by atoms with Crippen LogP contribution < -0.4 is 5.84 Å². The van der Waals surface area contributed by atoms with Gasteiger partial charge in [0, 0.05) is 43.5 Å². The summed E-state index contributed by atoms with van der Waals surface area (Å²) >= 11 is 0. The van der Waals surface area contributed by atoms with Gasteiger partial charge in [0.25, 0.3) is 0 Å². The van der Waals surface area contributed by atoms with E-state index in [0.29, 0.717) is 5.78 Å². The highest BCUT2D eigenvalue weighted by Gasteiger charge is 2.01. The molecule has 0 aliphatic rings. The highest BCUT2D eigenvalue weighted by atomic mass is 15.1. The Labute approximate surface area is 127 Å². The zero-order chi connectivity index (χ0) is 16.4. The van der Waals surface area contributed by atoms with E-state index in [1.807, 2.05) is 47.3 Å². The summed E-state index contributed by atoms with van der Waals surface area (Å²) in [6.45, 7) is 7.00. The number of nitriles is 2. The third-order valence-corrected chi connectivity index (χ3v) is 2.71. The second kappa shape index (κ2) is 8.46. The summed E-state index contributed by atoms with van der Waals surface area (Å²) < 4.78 is 1.89. The predicted octanol–water partition coefficient (Wildman–Crippen LogP) is 1.97. The van der Waals surface area contributed by atoms with E-state index in [0.717, 1.165) is 16.7 Å². The van der Waals surface area contributed by atoms with Crippen molar-refractivity contribution >= 4 is 12.0 Å². The van der Waals surface area contributed by atoms with E-state index in [1.165, 1.54) is 0 Å². The molecule has 22 heavy (non-hydrogen) atoms. The number of fused-ring (bicyclic) bond motifs is 1. The Hall–Kier alpha value is -3.71. The van der Waals surface area contributed by atoms with Crippen molar-refractivity contribution in [3.8, 4) is 24.3 Å². The van der Waals surface area contributed by atoms with Gasteiger partial charge in [-0.05, 0) is 11.1 Å². The first-order chi connectivity index (χ1) is 10.9. The molecule has 0 spiro atoms. The molecule has 2 heterocycles. The van der Waals surface area contributed by atoms with Gasteiger partial charge >= 0.3 is 0 Å². The van der Waals surface area contributed by atoms with Crippen LogP contribution in [0.15, 0.2) is 54.2 Å². The number of nitrogens with two attached hydrogens (primary N) is 1. The van der Waals surface area contributed by atoms with Crippen LogP contribution >= 0.6 is 0 Å². The average Bonchev–Trinajstić information content (AvgIpc) is 3.07. The van der Waals surface area contributed by atoms with Crippen LogP contribution in [0.2, 0.25) is 0 Å². The van der Waals surface area contributed by atoms with Crippen molar-refractivity contribution in [3.63, 3.8) is 0 Å². The van der Waals surface area contributed by atoms with Crippen molar-refractivity contribution in [2.45, 2.75) is 0 Å². The Morgan fingerprint density at radius 3 is 2.36 bits per heavy atom. The van der Waals surface area contributed by atoms with Gasteiger partial charge < -0.3 is 5.84 Å². The normalized spacial score (nSPS) is 9.45. The highest BCUT2D eigenvalue weighted by molar-refractivity contribution is 5.80. The van der Waals surface area contributed by atoms with Crippen LogP contribution in [-0.4, -0.2) is 20.6 Å². The average molecular weight is 291 g/mol. The van der Waals surface area contributed by atoms with Crippen molar-refractivity contribution in [1.29, 1.82) is 10.5 Å². The van der Waals surface area contributed by atoms with Crippen LogP contribution in [0.25, 0.3) is 16.9 Å². The van der Waals surface area contributed by atoms with Gasteiger partial charge in [0.05, 0.1) is 6.21 Å². The lowest BCUT2D eigenvalue weighted by Crippen LogP contribution is -1.90. The molecule has 0 atom stereocenters. The summed E-state index contributed by atoms with van der Waals surface area (Å²) in [5.41, 5.74) is 3.10. The minimum absolute atomic E-state index is 0.700. The Kier molecular flexibility index (Phi) is 6.28. The fourth-order valence-electron chi connectivity index (χ4n) is 1.81. The number of hydrazone groups is 1. The fraction of sp³-hybridized carbons (Fsp3) is 0. The summed E-state index contributed by atoms with van der Waals surface area (Å²) in [4.78, 5) is 8.39. The van der Waals surface area contributed by atoms with Crippen LogP contribution in [0.5, 0.6) is 0 Å². The molecule has 7 heteroatoms. The molecule has 3 rings (SSSR count). The largest absolute Gasteiger partial charge is 0.323 e. The maximum Gasteiger partial charge on any atom is 0.233 e. The first-order valence-corrected chi connectivity index (χ1v) is 6.01. The van der Waals surface area contributed by atoms with E-state index >= 15 is 0 Å². The first-order valence-electron chi connectivity index (χ1n) is 6.01. The first kappa shape index (κ1) is 16.3. The van der Waals surface area contributed by atoms with Gasteiger partial charge in [-0.2, -0.15) is 5.10 Å². The smallest absolute Gasteiger partial charge is 0.233 e.